The van der Waals surface area contributed by atoms with Gasteiger partial charge in [-0.05, 0) is 19.3 Å². The molecule has 1 N–H and O–H groups in total. The molecule has 0 amide bonds. The molecule has 0 radical (unpaired) electrons. The molecule has 0 spiro atoms. The number of hydrogen-bond donors (Lipinski definition) is 1. The molecule has 0 saturated carbocycles. The van der Waals surface area contributed by atoms with Crippen LogP contribution in [0.15, 0.2) is 6.33 Å². The van der Waals surface area contributed by atoms with Gasteiger partial charge in [-0.1, -0.05) is 20.8 Å². The highest BCUT2D eigenvalue weighted by atomic mass is 16.4. The fourth-order valence-electron chi connectivity index (χ4n) is 1.89. The van der Waals surface area contributed by atoms with Crippen LogP contribution in [0.1, 0.15) is 39.9 Å². The number of aliphatic carboxylic acids is 1. The number of carbonyl (C=O) groups is 1. The quantitative estimate of drug-likeness (QED) is 0.775. The smallest absolute Gasteiger partial charge is 0.317 e. The Balaban J connectivity index is 2.78. The van der Waals surface area contributed by atoms with E-state index in [1.54, 1.807) is 0 Å². The summed E-state index contributed by atoms with van der Waals surface area (Å²) in [5.74, 6) is 0.502. The molecule has 0 aliphatic carbocycles. The van der Waals surface area contributed by atoms with E-state index < -0.39 is 5.97 Å². The molecule has 1 aromatic heterocycles. The van der Waals surface area contributed by atoms with Crippen LogP contribution in [0.5, 0.6) is 0 Å². The fraction of sp³-hybridized carbons (Fsp3) is 0.769. The molecular formula is C13H24N4O2. The summed E-state index contributed by atoms with van der Waals surface area (Å²) in [5.41, 5.74) is 0. The lowest BCUT2D eigenvalue weighted by molar-refractivity contribution is -0.139. The van der Waals surface area contributed by atoms with Crippen LogP contribution in [0.2, 0.25) is 0 Å². The predicted molar refractivity (Wildman–Crippen MR) is 72.7 cm³/mol. The first-order valence-corrected chi connectivity index (χ1v) is 6.76. The lowest BCUT2D eigenvalue weighted by atomic mass is 10.2. The summed E-state index contributed by atoms with van der Waals surface area (Å²) in [6, 6.07) is 0.209. The van der Waals surface area contributed by atoms with Crippen molar-refractivity contribution in [3.05, 3.63) is 12.2 Å². The van der Waals surface area contributed by atoms with Gasteiger partial charge in [0.2, 0.25) is 0 Å². The molecular weight excluding hydrogens is 244 g/mol. The summed E-state index contributed by atoms with van der Waals surface area (Å²) in [6.45, 7) is 9.68. The van der Waals surface area contributed by atoms with Crippen LogP contribution in [-0.2, 0) is 17.9 Å². The lowest BCUT2D eigenvalue weighted by Crippen LogP contribution is -2.37. The summed E-state index contributed by atoms with van der Waals surface area (Å²) in [7, 11) is 0. The van der Waals surface area contributed by atoms with E-state index in [4.69, 9.17) is 5.11 Å². The minimum atomic E-state index is -0.810. The van der Waals surface area contributed by atoms with Crippen LogP contribution in [0.25, 0.3) is 0 Å². The van der Waals surface area contributed by atoms with Gasteiger partial charge in [0.1, 0.15) is 12.2 Å². The third-order valence-electron chi connectivity index (χ3n) is 3.13. The third kappa shape index (κ3) is 4.98. The fourth-order valence-corrected chi connectivity index (χ4v) is 1.89. The van der Waals surface area contributed by atoms with E-state index in [1.807, 2.05) is 16.5 Å². The topological polar surface area (TPSA) is 71.2 Å². The van der Waals surface area contributed by atoms with E-state index in [0.29, 0.717) is 12.5 Å². The zero-order valence-corrected chi connectivity index (χ0v) is 12.2. The maximum Gasteiger partial charge on any atom is 0.317 e. The van der Waals surface area contributed by atoms with Gasteiger partial charge >= 0.3 is 5.97 Å². The zero-order chi connectivity index (χ0) is 14.4. The molecule has 0 fully saturated rings. The number of nitrogens with zero attached hydrogens (tertiary/aromatic N) is 4. The zero-order valence-electron chi connectivity index (χ0n) is 12.2. The molecule has 108 valence electrons. The average molecular weight is 268 g/mol. The first kappa shape index (κ1) is 15.6. The molecule has 19 heavy (non-hydrogen) atoms. The van der Waals surface area contributed by atoms with Crippen molar-refractivity contribution in [3.63, 3.8) is 0 Å². The molecule has 1 unspecified atom stereocenters. The summed E-state index contributed by atoms with van der Waals surface area (Å²) in [6.07, 6.45) is 2.44. The van der Waals surface area contributed by atoms with Crippen LogP contribution in [0.3, 0.4) is 0 Å². The maximum atomic E-state index is 10.9. The van der Waals surface area contributed by atoms with E-state index >= 15 is 0 Å². The van der Waals surface area contributed by atoms with E-state index in [0.717, 1.165) is 18.8 Å². The first-order valence-electron chi connectivity index (χ1n) is 6.76. The van der Waals surface area contributed by atoms with E-state index in [2.05, 4.69) is 30.9 Å². The summed E-state index contributed by atoms with van der Waals surface area (Å²) >= 11 is 0. The van der Waals surface area contributed by atoms with Gasteiger partial charge in [-0.25, -0.2) is 9.67 Å². The van der Waals surface area contributed by atoms with E-state index in [-0.39, 0.29) is 12.6 Å². The van der Waals surface area contributed by atoms with Crippen molar-refractivity contribution >= 4 is 5.97 Å². The highest BCUT2D eigenvalue weighted by molar-refractivity contribution is 5.69. The molecule has 1 aromatic rings. The first-order chi connectivity index (χ1) is 8.93. The monoisotopic (exact) mass is 268 g/mol. The van der Waals surface area contributed by atoms with Crippen LogP contribution in [0, 0.1) is 5.92 Å². The number of aromatic nitrogens is 3. The van der Waals surface area contributed by atoms with Crippen molar-refractivity contribution in [3.8, 4) is 0 Å². The van der Waals surface area contributed by atoms with Crippen LogP contribution >= 0.6 is 0 Å². The molecule has 1 heterocycles. The molecule has 1 atom stereocenters. The minimum absolute atomic E-state index is 0.0313. The Labute approximate surface area is 114 Å². The van der Waals surface area contributed by atoms with Gasteiger partial charge in [0.05, 0.1) is 13.1 Å². The van der Waals surface area contributed by atoms with Gasteiger partial charge in [0.25, 0.3) is 0 Å². The molecule has 0 aliphatic rings. The molecule has 0 saturated heterocycles. The number of carboxylic acids is 1. The molecule has 6 heteroatoms. The van der Waals surface area contributed by atoms with Crippen molar-refractivity contribution in [1.29, 1.82) is 0 Å². The van der Waals surface area contributed by atoms with Crippen LogP contribution in [0.4, 0.5) is 0 Å². The number of hydrogen-bond acceptors (Lipinski definition) is 4. The molecule has 0 aromatic carbocycles. The van der Waals surface area contributed by atoms with Gasteiger partial charge in [-0.2, -0.15) is 5.10 Å². The van der Waals surface area contributed by atoms with Crippen molar-refractivity contribution in [2.24, 2.45) is 5.92 Å². The highest BCUT2D eigenvalue weighted by Crippen LogP contribution is 2.10. The molecule has 0 bridgehead atoms. The van der Waals surface area contributed by atoms with E-state index in [1.165, 1.54) is 6.33 Å². The van der Waals surface area contributed by atoms with E-state index in [9.17, 15) is 4.79 Å². The Bertz CT molecular complexity index is 403. The molecule has 0 aliphatic heterocycles. The SMILES string of the molecule is CCC(C)N(CC(=O)O)Cc1ncnn1CC(C)C. The van der Waals surface area contributed by atoms with Crippen molar-refractivity contribution in [2.45, 2.75) is 53.2 Å². The number of carboxylic acid groups (broad SMARTS) is 1. The minimum Gasteiger partial charge on any atom is -0.480 e. The van der Waals surface area contributed by atoms with Crippen LogP contribution < -0.4 is 0 Å². The normalized spacial score (nSPS) is 13.2. The van der Waals surface area contributed by atoms with Crippen molar-refractivity contribution in [2.75, 3.05) is 6.54 Å². The van der Waals surface area contributed by atoms with Crippen LogP contribution in [-0.4, -0.2) is 43.3 Å². The average Bonchev–Trinajstić information content (AvgIpc) is 2.73. The predicted octanol–water partition coefficient (Wildman–Crippen LogP) is 1.62. The Hall–Kier alpha value is -1.43. The lowest BCUT2D eigenvalue weighted by Gasteiger charge is -2.26. The third-order valence-corrected chi connectivity index (χ3v) is 3.13. The Morgan fingerprint density at radius 3 is 2.68 bits per heavy atom. The second-order valence-corrected chi connectivity index (χ2v) is 5.31. The Morgan fingerprint density at radius 2 is 2.16 bits per heavy atom. The number of rotatable bonds is 8. The maximum absolute atomic E-state index is 10.9. The summed E-state index contributed by atoms with van der Waals surface area (Å²) in [5, 5.41) is 13.2. The molecule has 6 nitrogen and oxygen atoms in total. The van der Waals surface area contributed by atoms with Gasteiger partial charge < -0.3 is 5.11 Å². The Morgan fingerprint density at radius 1 is 1.47 bits per heavy atom. The highest BCUT2D eigenvalue weighted by Gasteiger charge is 2.18. The second kappa shape index (κ2) is 7.23. The largest absolute Gasteiger partial charge is 0.480 e. The van der Waals surface area contributed by atoms with Gasteiger partial charge in [0, 0.05) is 12.6 Å². The standard InChI is InChI=1S/C13H24N4O2/c1-5-11(4)16(8-13(18)19)7-12-14-9-15-17(12)6-10(2)3/h9-11H,5-8H2,1-4H3,(H,18,19). The summed E-state index contributed by atoms with van der Waals surface area (Å²) < 4.78 is 1.86. The van der Waals surface area contributed by atoms with Gasteiger partial charge in [-0.15, -0.1) is 0 Å². The second-order valence-electron chi connectivity index (χ2n) is 5.31. The van der Waals surface area contributed by atoms with Crippen molar-refractivity contribution in [1.82, 2.24) is 19.7 Å². The van der Waals surface area contributed by atoms with Gasteiger partial charge in [-0.3, -0.25) is 9.69 Å². The van der Waals surface area contributed by atoms with Gasteiger partial charge in [0.15, 0.2) is 0 Å². The Kier molecular flexibility index (Phi) is 5.95. The summed E-state index contributed by atoms with van der Waals surface area (Å²) in [4.78, 5) is 17.1. The van der Waals surface area contributed by atoms with Crippen molar-refractivity contribution < 1.29 is 9.90 Å². The molecule has 1 rings (SSSR count).